The largest absolute Gasteiger partial charge is 0.316 e. The maximum Gasteiger partial charge on any atom is 0.159 e. The summed E-state index contributed by atoms with van der Waals surface area (Å²) >= 11 is 0. The fourth-order valence-corrected chi connectivity index (χ4v) is 1.73. The van der Waals surface area contributed by atoms with Crippen LogP contribution in [0.4, 0.5) is 8.78 Å². The molecule has 0 aromatic heterocycles. The van der Waals surface area contributed by atoms with Gasteiger partial charge in [0.25, 0.3) is 0 Å². The Morgan fingerprint density at radius 3 is 2.44 bits per heavy atom. The van der Waals surface area contributed by atoms with E-state index in [1.807, 2.05) is 6.92 Å². The molecule has 0 aliphatic carbocycles. The Morgan fingerprint density at radius 2 is 1.88 bits per heavy atom. The van der Waals surface area contributed by atoms with E-state index in [4.69, 9.17) is 0 Å². The van der Waals surface area contributed by atoms with Gasteiger partial charge in [0.1, 0.15) is 0 Å². The van der Waals surface area contributed by atoms with Crippen LogP contribution >= 0.6 is 0 Å². The molecule has 0 unspecified atom stereocenters. The highest BCUT2D eigenvalue weighted by Crippen LogP contribution is 2.22. The molecule has 0 saturated carbocycles. The van der Waals surface area contributed by atoms with Gasteiger partial charge in [0, 0.05) is 6.54 Å². The molecule has 0 spiro atoms. The minimum atomic E-state index is -0.784. The number of nitrogens with one attached hydrogen (secondary N) is 1. The van der Waals surface area contributed by atoms with Crippen molar-refractivity contribution in [1.82, 2.24) is 5.32 Å². The summed E-state index contributed by atoms with van der Waals surface area (Å²) in [6.45, 7) is 8.05. The molecule has 0 saturated heterocycles. The first-order valence-corrected chi connectivity index (χ1v) is 5.59. The first-order chi connectivity index (χ1) is 7.44. The SMILES string of the molecule is CCNCC(C)(C)Cc1ccc(F)c(F)c1. The first-order valence-electron chi connectivity index (χ1n) is 5.59. The molecule has 1 nitrogen and oxygen atoms in total. The fourth-order valence-electron chi connectivity index (χ4n) is 1.73. The minimum Gasteiger partial charge on any atom is -0.316 e. The Labute approximate surface area is 95.9 Å². The summed E-state index contributed by atoms with van der Waals surface area (Å²) in [5.74, 6) is -1.55. The zero-order valence-corrected chi connectivity index (χ0v) is 10.1. The first kappa shape index (κ1) is 13.1. The van der Waals surface area contributed by atoms with Crippen molar-refractivity contribution < 1.29 is 8.78 Å². The molecular formula is C13H19F2N. The van der Waals surface area contributed by atoms with Gasteiger partial charge in [0.05, 0.1) is 0 Å². The Balaban J connectivity index is 2.68. The fraction of sp³-hybridized carbons (Fsp3) is 0.538. The monoisotopic (exact) mass is 227 g/mol. The van der Waals surface area contributed by atoms with E-state index < -0.39 is 11.6 Å². The predicted molar refractivity (Wildman–Crippen MR) is 62.4 cm³/mol. The van der Waals surface area contributed by atoms with Crippen molar-refractivity contribution >= 4 is 0 Å². The van der Waals surface area contributed by atoms with Crippen molar-refractivity contribution in [2.24, 2.45) is 5.41 Å². The molecule has 0 aliphatic rings. The summed E-state index contributed by atoms with van der Waals surface area (Å²) in [5, 5.41) is 3.27. The highest BCUT2D eigenvalue weighted by molar-refractivity contribution is 5.19. The zero-order valence-electron chi connectivity index (χ0n) is 10.1. The normalized spacial score (nSPS) is 11.8. The van der Waals surface area contributed by atoms with Crippen LogP contribution in [0.15, 0.2) is 18.2 Å². The van der Waals surface area contributed by atoms with Gasteiger partial charge >= 0.3 is 0 Å². The smallest absolute Gasteiger partial charge is 0.159 e. The van der Waals surface area contributed by atoms with E-state index in [0.717, 1.165) is 25.1 Å². The third-order valence-electron chi connectivity index (χ3n) is 2.52. The van der Waals surface area contributed by atoms with Crippen LogP contribution in [0.3, 0.4) is 0 Å². The molecular weight excluding hydrogens is 208 g/mol. The number of rotatable bonds is 5. The third kappa shape index (κ3) is 3.89. The van der Waals surface area contributed by atoms with E-state index in [9.17, 15) is 8.78 Å². The van der Waals surface area contributed by atoms with Crippen LogP contribution in [0.2, 0.25) is 0 Å². The predicted octanol–water partition coefficient (Wildman–Crippen LogP) is 3.14. The molecule has 3 heteroatoms. The average molecular weight is 227 g/mol. The van der Waals surface area contributed by atoms with Crippen LogP contribution < -0.4 is 5.32 Å². The quantitative estimate of drug-likeness (QED) is 0.814. The van der Waals surface area contributed by atoms with Gasteiger partial charge in [-0.3, -0.25) is 0 Å². The summed E-state index contributed by atoms with van der Waals surface area (Å²) in [7, 11) is 0. The van der Waals surface area contributed by atoms with Gasteiger partial charge in [0.2, 0.25) is 0 Å². The summed E-state index contributed by atoms with van der Waals surface area (Å²) in [6, 6.07) is 4.11. The van der Waals surface area contributed by atoms with Crippen molar-refractivity contribution in [2.75, 3.05) is 13.1 Å². The number of hydrogen-bond donors (Lipinski definition) is 1. The molecule has 0 atom stereocenters. The Kier molecular flexibility index (Phi) is 4.42. The van der Waals surface area contributed by atoms with Crippen molar-refractivity contribution in [3.8, 4) is 0 Å². The molecule has 1 aromatic carbocycles. The molecule has 0 radical (unpaired) electrons. The van der Waals surface area contributed by atoms with Crippen LogP contribution in [0.5, 0.6) is 0 Å². The van der Waals surface area contributed by atoms with Crippen molar-refractivity contribution in [1.29, 1.82) is 0 Å². The van der Waals surface area contributed by atoms with Gasteiger partial charge in [-0.05, 0) is 36.1 Å². The van der Waals surface area contributed by atoms with Crippen LogP contribution in [0.25, 0.3) is 0 Å². The standard InChI is InChI=1S/C13H19F2N/c1-4-16-9-13(2,3)8-10-5-6-11(14)12(15)7-10/h5-7,16H,4,8-9H2,1-3H3. The average Bonchev–Trinajstić information content (AvgIpc) is 2.20. The van der Waals surface area contributed by atoms with Crippen molar-refractivity contribution in [3.63, 3.8) is 0 Å². The van der Waals surface area contributed by atoms with Gasteiger partial charge in [0.15, 0.2) is 11.6 Å². The van der Waals surface area contributed by atoms with Crippen LogP contribution in [0.1, 0.15) is 26.3 Å². The molecule has 0 bridgehead atoms. The number of halogens is 2. The van der Waals surface area contributed by atoms with Gasteiger partial charge in [-0.1, -0.05) is 26.8 Å². The van der Waals surface area contributed by atoms with Crippen LogP contribution in [-0.4, -0.2) is 13.1 Å². The molecule has 0 amide bonds. The van der Waals surface area contributed by atoms with Crippen LogP contribution in [-0.2, 0) is 6.42 Å². The maximum atomic E-state index is 13.0. The van der Waals surface area contributed by atoms with Gasteiger partial charge in [-0.2, -0.15) is 0 Å². The molecule has 1 aromatic rings. The van der Waals surface area contributed by atoms with E-state index in [-0.39, 0.29) is 5.41 Å². The molecule has 0 heterocycles. The van der Waals surface area contributed by atoms with Gasteiger partial charge < -0.3 is 5.32 Å². The lowest BCUT2D eigenvalue weighted by molar-refractivity contribution is 0.341. The second-order valence-electron chi connectivity index (χ2n) is 4.87. The minimum absolute atomic E-state index is 0.0419. The maximum absolute atomic E-state index is 13.0. The molecule has 16 heavy (non-hydrogen) atoms. The molecule has 90 valence electrons. The summed E-state index contributed by atoms with van der Waals surface area (Å²) in [6.07, 6.45) is 0.733. The summed E-state index contributed by atoms with van der Waals surface area (Å²) < 4.78 is 25.8. The molecule has 1 rings (SSSR count). The molecule has 0 fully saturated rings. The molecule has 0 aliphatic heterocycles. The topological polar surface area (TPSA) is 12.0 Å². The van der Waals surface area contributed by atoms with Crippen molar-refractivity contribution in [2.45, 2.75) is 27.2 Å². The van der Waals surface area contributed by atoms with E-state index in [2.05, 4.69) is 19.2 Å². The Morgan fingerprint density at radius 1 is 1.19 bits per heavy atom. The molecule has 1 N–H and O–H groups in total. The summed E-state index contributed by atoms with van der Waals surface area (Å²) in [5.41, 5.74) is 0.877. The van der Waals surface area contributed by atoms with E-state index >= 15 is 0 Å². The second-order valence-corrected chi connectivity index (χ2v) is 4.87. The van der Waals surface area contributed by atoms with E-state index in [1.165, 1.54) is 12.1 Å². The second kappa shape index (κ2) is 5.39. The number of benzene rings is 1. The van der Waals surface area contributed by atoms with Gasteiger partial charge in [-0.25, -0.2) is 8.78 Å². The highest BCUT2D eigenvalue weighted by atomic mass is 19.2. The lowest BCUT2D eigenvalue weighted by Crippen LogP contribution is -2.31. The van der Waals surface area contributed by atoms with E-state index in [0.29, 0.717) is 0 Å². The third-order valence-corrected chi connectivity index (χ3v) is 2.52. The van der Waals surface area contributed by atoms with E-state index in [1.54, 1.807) is 6.07 Å². The lowest BCUT2D eigenvalue weighted by atomic mass is 9.85. The number of hydrogen-bond acceptors (Lipinski definition) is 1. The zero-order chi connectivity index (χ0) is 12.2. The van der Waals surface area contributed by atoms with Crippen LogP contribution in [0, 0.1) is 17.0 Å². The highest BCUT2D eigenvalue weighted by Gasteiger charge is 2.18. The Hall–Kier alpha value is -0.960. The lowest BCUT2D eigenvalue weighted by Gasteiger charge is -2.25. The van der Waals surface area contributed by atoms with Crippen molar-refractivity contribution in [3.05, 3.63) is 35.4 Å². The van der Waals surface area contributed by atoms with Gasteiger partial charge in [-0.15, -0.1) is 0 Å². The summed E-state index contributed by atoms with van der Waals surface area (Å²) in [4.78, 5) is 0. The Bertz CT molecular complexity index is 348.